The SMILES string of the molecule is CCNC1(c2ccc(OC)cc2)CCCCC1. The van der Waals surface area contributed by atoms with Crippen LogP contribution in [0.25, 0.3) is 0 Å². The van der Waals surface area contributed by atoms with Crippen LogP contribution in [0.3, 0.4) is 0 Å². The van der Waals surface area contributed by atoms with Gasteiger partial charge in [-0.3, -0.25) is 0 Å². The van der Waals surface area contributed by atoms with Gasteiger partial charge < -0.3 is 10.1 Å². The summed E-state index contributed by atoms with van der Waals surface area (Å²) < 4.78 is 5.23. The van der Waals surface area contributed by atoms with Crippen molar-refractivity contribution in [2.75, 3.05) is 13.7 Å². The van der Waals surface area contributed by atoms with Crippen molar-refractivity contribution in [3.05, 3.63) is 29.8 Å². The molecule has 1 aromatic carbocycles. The van der Waals surface area contributed by atoms with E-state index in [0.717, 1.165) is 12.3 Å². The van der Waals surface area contributed by atoms with Gasteiger partial charge in [-0.25, -0.2) is 0 Å². The largest absolute Gasteiger partial charge is 0.497 e. The van der Waals surface area contributed by atoms with Gasteiger partial charge in [-0.15, -0.1) is 0 Å². The fourth-order valence-electron chi connectivity index (χ4n) is 2.97. The van der Waals surface area contributed by atoms with Crippen molar-refractivity contribution in [2.24, 2.45) is 0 Å². The van der Waals surface area contributed by atoms with E-state index < -0.39 is 0 Å². The first-order valence-electron chi connectivity index (χ1n) is 6.70. The highest BCUT2D eigenvalue weighted by Gasteiger charge is 2.32. The molecule has 0 heterocycles. The van der Waals surface area contributed by atoms with Gasteiger partial charge in [0.1, 0.15) is 5.75 Å². The van der Waals surface area contributed by atoms with Crippen LogP contribution in [0.5, 0.6) is 5.75 Å². The van der Waals surface area contributed by atoms with Gasteiger partial charge in [-0.2, -0.15) is 0 Å². The lowest BCUT2D eigenvalue weighted by atomic mass is 9.76. The van der Waals surface area contributed by atoms with E-state index in [2.05, 4.69) is 36.5 Å². The number of hydrogen-bond donors (Lipinski definition) is 1. The second-order valence-corrected chi connectivity index (χ2v) is 4.90. The quantitative estimate of drug-likeness (QED) is 0.860. The molecular weight excluding hydrogens is 210 g/mol. The lowest BCUT2D eigenvalue weighted by molar-refractivity contribution is 0.238. The van der Waals surface area contributed by atoms with Gasteiger partial charge in [-0.1, -0.05) is 38.3 Å². The molecule has 2 rings (SSSR count). The molecule has 2 heteroatoms. The predicted octanol–water partition coefficient (Wildman–Crippen LogP) is 3.46. The van der Waals surface area contributed by atoms with Crippen LogP contribution < -0.4 is 10.1 Å². The molecule has 1 N–H and O–H groups in total. The summed E-state index contributed by atoms with van der Waals surface area (Å²) in [7, 11) is 1.72. The van der Waals surface area contributed by atoms with Gasteiger partial charge in [0.25, 0.3) is 0 Å². The molecule has 1 aromatic rings. The number of ether oxygens (including phenoxy) is 1. The maximum atomic E-state index is 5.23. The second-order valence-electron chi connectivity index (χ2n) is 4.90. The number of hydrogen-bond acceptors (Lipinski definition) is 2. The molecule has 0 radical (unpaired) electrons. The maximum Gasteiger partial charge on any atom is 0.118 e. The molecule has 0 saturated heterocycles. The van der Waals surface area contributed by atoms with E-state index in [0.29, 0.717) is 0 Å². The molecule has 1 fully saturated rings. The molecule has 0 spiro atoms. The van der Waals surface area contributed by atoms with Gasteiger partial charge in [0, 0.05) is 5.54 Å². The summed E-state index contributed by atoms with van der Waals surface area (Å²) in [4.78, 5) is 0. The van der Waals surface area contributed by atoms with Gasteiger partial charge in [-0.05, 0) is 37.1 Å². The Kier molecular flexibility index (Phi) is 4.06. The average Bonchev–Trinajstić information content (AvgIpc) is 2.40. The van der Waals surface area contributed by atoms with E-state index in [1.54, 1.807) is 7.11 Å². The highest BCUT2D eigenvalue weighted by atomic mass is 16.5. The lowest BCUT2D eigenvalue weighted by Crippen LogP contribution is -2.43. The molecule has 0 amide bonds. The zero-order chi connectivity index (χ0) is 12.1. The van der Waals surface area contributed by atoms with Crippen LogP contribution in [-0.2, 0) is 5.54 Å². The fraction of sp³-hybridized carbons (Fsp3) is 0.600. The first-order valence-corrected chi connectivity index (χ1v) is 6.70. The Bertz CT molecular complexity index is 333. The lowest BCUT2D eigenvalue weighted by Gasteiger charge is -2.38. The Balaban J connectivity index is 2.24. The zero-order valence-corrected chi connectivity index (χ0v) is 11.0. The van der Waals surface area contributed by atoms with E-state index in [1.165, 1.54) is 37.7 Å². The van der Waals surface area contributed by atoms with Crippen molar-refractivity contribution in [1.82, 2.24) is 5.32 Å². The summed E-state index contributed by atoms with van der Waals surface area (Å²) in [6, 6.07) is 8.58. The number of nitrogens with one attached hydrogen (secondary N) is 1. The summed E-state index contributed by atoms with van der Waals surface area (Å²) in [6.07, 6.45) is 6.56. The van der Waals surface area contributed by atoms with E-state index >= 15 is 0 Å². The van der Waals surface area contributed by atoms with Crippen molar-refractivity contribution in [2.45, 2.75) is 44.6 Å². The molecule has 2 nitrogen and oxygen atoms in total. The number of methoxy groups -OCH3 is 1. The number of benzene rings is 1. The first kappa shape index (κ1) is 12.4. The summed E-state index contributed by atoms with van der Waals surface area (Å²) in [5.41, 5.74) is 1.62. The van der Waals surface area contributed by atoms with Gasteiger partial charge in [0.2, 0.25) is 0 Å². The van der Waals surface area contributed by atoms with Crippen LogP contribution in [0.2, 0.25) is 0 Å². The smallest absolute Gasteiger partial charge is 0.118 e. The van der Waals surface area contributed by atoms with Crippen LogP contribution in [0.1, 0.15) is 44.6 Å². The Morgan fingerprint density at radius 1 is 1.12 bits per heavy atom. The third kappa shape index (κ3) is 2.63. The van der Waals surface area contributed by atoms with Crippen molar-refractivity contribution < 1.29 is 4.74 Å². The fourth-order valence-corrected chi connectivity index (χ4v) is 2.97. The van der Waals surface area contributed by atoms with Gasteiger partial charge >= 0.3 is 0 Å². The molecule has 17 heavy (non-hydrogen) atoms. The predicted molar refractivity (Wildman–Crippen MR) is 71.4 cm³/mol. The molecule has 0 aromatic heterocycles. The van der Waals surface area contributed by atoms with E-state index in [-0.39, 0.29) is 5.54 Å². The van der Waals surface area contributed by atoms with Crippen LogP contribution in [0.15, 0.2) is 24.3 Å². The van der Waals surface area contributed by atoms with Crippen LogP contribution in [0.4, 0.5) is 0 Å². The standard InChI is InChI=1S/C15H23NO/c1-3-16-15(11-5-4-6-12-15)13-7-9-14(17-2)10-8-13/h7-10,16H,3-6,11-12H2,1-2H3. The maximum absolute atomic E-state index is 5.23. The Labute approximate surface area is 104 Å². The molecule has 1 aliphatic carbocycles. The van der Waals surface area contributed by atoms with E-state index in [9.17, 15) is 0 Å². The monoisotopic (exact) mass is 233 g/mol. The molecule has 1 saturated carbocycles. The second kappa shape index (κ2) is 5.54. The summed E-state index contributed by atoms with van der Waals surface area (Å²) >= 11 is 0. The summed E-state index contributed by atoms with van der Waals surface area (Å²) in [5, 5.41) is 3.71. The topological polar surface area (TPSA) is 21.3 Å². The third-order valence-electron chi connectivity index (χ3n) is 3.86. The van der Waals surface area contributed by atoms with Crippen molar-refractivity contribution in [1.29, 1.82) is 0 Å². The minimum atomic E-state index is 0.208. The third-order valence-corrected chi connectivity index (χ3v) is 3.86. The minimum absolute atomic E-state index is 0.208. The molecule has 94 valence electrons. The van der Waals surface area contributed by atoms with Crippen LogP contribution >= 0.6 is 0 Å². The molecule has 0 atom stereocenters. The summed E-state index contributed by atoms with van der Waals surface area (Å²) in [6.45, 7) is 3.23. The summed E-state index contributed by atoms with van der Waals surface area (Å²) in [5.74, 6) is 0.941. The van der Waals surface area contributed by atoms with E-state index in [1.807, 2.05) is 0 Å². The van der Waals surface area contributed by atoms with Gasteiger partial charge in [0.15, 0.2) is 0 Å². The van der Waals surface area contributed by atoms with Crippen LogP contribution in [0, 0.1) is 0 Å². The molecular formula is C15H23NO. The van der Waals surface area contributed by atoms with E-state index in [4.69, 9.17) is 4.74 Å². The van der Waals surface area contributed by atoms with Crippen molar-refractivity contribution in [3.63, 3.8) is 0 Å². The van der Waals surface area contributed by atoms with Gasteiger partial charge in [0.05, 0.1) is 7.11 Å². The normalized spacial score (nSPS) is 18.9. The average molecular weight is 233 g/mol. The molecule has 0 aliphatic heterocycles. The Morgan fingerprint density at radius 2 is 1.76 bits per heavy atom. The highest BCUT2D eigenvalue weighted by Crippen LogP contribution is 2.37. The Morgan fingerprint density at radius 3 is 2.29 bits per heavy atom. The number of rotatable bonds is 4. The molecule has 0 unspecified atom stereocenters. The molecule has 1 aliphatic rings. The minimum Gasteiger partial charge on any atom is -0.497 e. The first-order chi connectivity index (χ1) is 8.30. The zero-order valence-electron chi connectivity index (χ0n) is 11.0. The molecule has 0 bridgehead atoms. The Hall–Kier alpha value is -1.02. The van der Waals surface area contributed by atoms with Crippen molar-refractivity contribution >= 4 is 0 Å². The highest BCUT2D eigenvalue weighted by molar-refractivity contribution is 5.32. The van der Waals surface area contributed by atoms with Crippen molar-refractivity contribution in [3.8, 4) is 5.75 Å². The van der Waals surface area contributed by atoms with Crippen LogP contribution in [-0.4, -0.2) is 13.7 Å².